The first-order valence-electron chi connectivity index (χ1n) is 10.2. The van der Waals surface area contributed by atoms with Gasteiger partial charge in [0.05, 0.1) is 17.9 Å². The van der Waals surface area contributed by atoms with Crippen molar-refractivity contribution in [3.63, 3.8) is 0 Å². The normalized spacial score (nSPS) is 15.5. The van der Waals surface area contributed by atoms with Crippen LogP contribution in [-0.2, 0) is 15.4 Å². The van der Waals surface area contributed by atoms with Crippen molar-refractivity contribution in [3.05, 3.63) is 58.4 Å². The van der Waals surface area contributed by atoms with E-state index < -0.39 is 29.7 Å². The number of imide groups is 1. The second kappa shape index (κ2) is 9.56. The van der Waals surface area contributed by atoms with Gasteiger partial charge in [-0.3, -0.25) is 4.79 Å². The summed E-state index contributed by atoms with van der Waals surface area (Å²) in [5.41, 5.74) is 9.46. The lowest BCUT2D eigenvalue weighted by molar-refractivity contribution is -0.131. The molecule has 0 saturated carbocycles. The van der Waals surface area contributed by atoms with E-state index in [9.17, 15) is 9.59 Å². The van der Waals surface area contributed by atoms with Gasteiger partial charge in [0, 0.05) is 24.3 Å². The Morgan fingerprint density at radius 2 is 2.10 bits per heavy atom. The lowest BCUT2D eigenvalue weighted by atomic mass is 9.79. The number of nitrogens with one attached hydrogen (secondary N) is 1. The Morgan fingerprint density at radius 1 is 1.35 bits per heavy atom. The molecular formula is C23H27ClFN3O3. The van der Waals surface area contributed by atoms with Gasteiger partial charge in [-0.2, -0.15) is 0 Å². The topological polar surface area (TPSA) is 84.7 Å². The quantitative estimate of drug-likeness (QED) is 0.477. The highest BCUT2D eigenvalue weighted by Crippen LogP contribution is 2.39. The summed E-state index contributed by atoms with van der Waals surface area (Å²) in [6, 6.07) is 8.99. The molecule has 0 radical (unpaired) electrons. The summed E-state index contributed by atoms with van der Waals surface area (Å²) in [5.74, 6) is -2.12. The minimum absolute atomic E-state index is 0.00532. The van der Waals surface area contributed by atoms with Crippen LogP contribution in [0.15, 0.2) is 30.3 Å². The van der Waals surface area contributed by atoms with E-state index >= 15 is 4.39 Å². The molecule has 31 heavy (non-hydrogen) atoms. The Labute approximate surface area is 186 Å². The van der Waals surface area contributed by atoms with Gasteiger partial charge >= 0.3 is 6.09 Å². The third-order valence-electron chi connectivity index (χ3n) is 5.70. The number of hydrogen-bond donors (Lipinski definition) is 2. The zero-order valence-corrected chi connectivity index (χ0v) is 18.6. The number of alkyl halides is 1. The summed E-state index contributed by atoms with van der Waals surface area (Å²) < 4.78 is 20.4. The van der Waals surface area contributed by atoms with Crippen LogP contribution in [0.4, 0.5) is 20.6 Å². The molecule has 1 aliphatic rings. The summed E-state index contributed by atoms with van der Waals surface area (Å²) in [7, 11) is 0. The van der Waals surface area contributed by atoms with Crippen LogP contribution in [0, 0.1) is 18.7 Å². The Balaban J connectivity index is 2.12. The zero-order chi connectivity index (χ0) is 22.7. The maximum Gasteiger partial charge on any atom is 0.416 e. The summed E-state index contributed by atoms with van der Waals surface area (Å²) >= 11 is 6.09. The van der Waals surface area contributed by atoms with E-state index in [0.717, 1.165) is 21.6 Å². The van der Waals surface area contributed by atoms with Crippen LogP contribution in [0.3, 0.4) is 0 Å². The third kappa shape index (κ3) is 4.46. The summed E-state index contributed by atoms with van der Waals surface area (Å²) in [6.45, 7) is 6.45. The number of carbonyl (C=O) groups is 2. The summed E-state index contributed by atoms with van der Waals surface area (Å²) in [6.07, 6.45) is -0.677. The molecule has 3 rings (SSSR count). The number of rotatable bonds is 7. The van der Waals surface area contributed by atoms with Crippen LogP contribution in [0.5, 0.6) is 0 Å². The largest absolute Gasteiger partial charge is 0.447 e. The van der Waals surface area contributed by atoms with Gasteiger partial charge in [-0.15, -0.1) is 11.6 Å². The van der Waals surface area contributed by atoms with Crippen molar-refractivity contribution in [2.24, 2.45) is 5.92 Å². The summed E-state index contributed by atoms with van der Waals surface area (Å²) in [4.78, 5) is 26.2. The van der Waals surface area contributed by atoms with Crippen molar-refractivity contribution >= 4 is 35.0 Å². The molecule has 0 aromatic heterocycles. The van der Waals surface area contributed by atoms with Crippen LogP contribution >= 0.6 is 11.6 Å². The molecule has 2 atom stereocenters. The number of ether oxygens (including phenoxy) is 1. The number of hydrogen-bond acceptors (Lipinski definition) is 5. The molecule has 1 heterocycles. The van der Waals surface area contributed by atoms with Gasteiger partial charge in [-0.1, -0.05) is 31.2 Å². The van der Waals surface area contributed by atoms with Gasteiger partial charge in [0.2, 0.25) is 5.91 Å². The molecule has 1 fully saturated rings. The highest BCUT2D eigenvalue weighted by atomic mass is 35.5. The number of cyclic esters (lactones) is 1. The number of halogens is 2. The average molecular weight is 448 g/mol. The van der Waals surface area contributed by atoms with Crippen molar-refractivity contribution in [1.82, 2.24) is 4.90 Å². The highest BCUT2D eigenvalue weighted by Gasteiger charge is 2.37. The van der Waals surface area contributed by atoms with Crippen LogP contribution in [0.2, 0.25) is 0 Å². The molecule has 8 heteroatoms. The predicted molar refractivity (Wildman–Crippen MR) is 120 cm³/mol. The van der Waals surface area contributed by atoms with Crippen molar-refractivity contribution in [2.75, 3.05) is 30.7 Å². The molecule has 166 valence electrons. The lowest BCUT2D eigenvalue weighted by Gasteiger charge is -2.28. The average Bonchev–Trinajstić information content (AvgIpc) is 3.19. The number of amides is 2. The summed E-state index contributed by atoms with van der Waals surface area (Å²) in [5, 5.41) is 3.03. The second-order valence-electron chi connectivity index (χ2n) is 7.65. The van der Waals surface area contributed by atoms with E-state index in [4.69, 9.17) is 22.1 Å². The Kier molecular flexibility index (Phi) is 7.05. The number of nitrogens with zero attached hydrogens (tertiary/aromatic N) is 1. The molecule has 1 aliphatic heterocycles. The zero-order valence-electron chi connectivity index (χ0n) is 17.9. The number of anilines is 2. The van der Waals surface area contributed by atoms with Crippen LogP contribution in [-0.4, -0.2) is 36.6 Å². The number of nitrogen functional groups attached to an aromatic ring is 1. The molecule has 2 aromatic carbocycles. The van der Waals surface area contributed by atoms with Crippen LogP contribution < -0.4 is 11.1 Å². The van der Waals surface area contributed by atoms with Gasteiger partial charge in [-0.05, 0) is 42.2 Å². The Morgan fingerprint density at radius 3 is 2.71 bits per heavy atom. The molecule has 1 saturated heterocycles. The van der Waals surface area contributed by atoms with E-state index in [-0.39, 0.29) is 30.3 Å². The molecule has 6 nitrogen and oxygen atoms in total. The van der Waals surface area contributed by atoms with Crippen molar-refractivity contribution in [3.8, 4) is 0 Å². The van der Waals surface area contributed by atoms with Gasteiger partial charge in [0.25, 0.3) is 0 Å². The van der Waals surface area contributed by atoms with Crippen molar-refractivity contribution in [1.29, 1.82) is 0 Å². The number of aryl methyl sites for hydroxylation is 1. The fourth-order valence-corrected chi connectivity index (χ4v) is 4.23. The first-order valence-corrected chi connectivity index (χ1v) is 10.8. The predicted octanol–water partition coefficient (Wildman–Crippen LogP) is 4.63. The maximum atomic E-state index is 15.5. The third-order valence-corrected chi connectivity index (χ3v) is 5.99. The lowest BCUT2D eigenvalue weighted by Crippen LogP contribution is -2.38. The number of benzene rings is 2. The van der Waals surface area contributed by atoms with Crippen LogP contribution in [0.1, 0.15) is 42.0 Å². The van der Waals surface area contributed by atoms with Gasteiger partial charge in [-0.25, -0.2) is 14.1 Å². The molecule has 2 amide bonds. The molecule has 2 aromatic rings. The number of nitrogens with two attached hydrogens (primary N) is 1. The van der Waals surface area contributed by atoms with Crippen molar-refractivity contribution in [2.45, 2.75) is 32.6 Å². The van der Waals surface area contributed by atoms with Crippen molar-refractivity contribution < 1.29 is 18.7 Å². The molecule has 0 spiro atoms. The minimum Gasteiger partial charge on any atom is -0.447 e. The van der Waals surface area contributed by atoms with Crippen LogP contribution in [0.25, 0.3) is 0 Å². The Hall–Kier alpha value is -2.80. The van der Waals surface area contributed by atoms with Gasteiger partial charge in [0.1, 0.15) is 6.61 Å². The monoisotopic (exact) mass is 447 g/mol. The van der Waals surface area contributed by atoms with Gasteiger partial charge in [0.15, 0.2) is 5.82 Å². The maximum absolute atomic E-state index is 15.5. The smallest absolute Gasteiger partial charge is 0.416 e. The molecule has 2 unspecified atom stereocenters. The Bertz CT molecular complexity index is 998. The van der Waals surface area contributed by atoms with Gasteiger partial charge < -0.3 is 15.8 Å². The van der Waals surface area contributed by atoms with E-state index in [2.05, 4.69) is 5.32 Å². The SMILES string of the molecule is CCNc1ccc(C(c2ccc(C)c(CCl)c2)C(C)C(=O)N2CCOC2=O)c(F)c1N. The molecular weight excluding hydrogens is 421 g/mol. The first-order chi connectivity index (χ1) is 14.8. The van der Waals surface area contributed by atoms with E-state index in [1.54, 1.807) is 19.1 Å². The van der Waals surface area contributed by atoms with E-state index in [1.165, 1.54) is 0 Å². The van der Waals surface area contributed by atoms with E-state index in [0.29, 0.717) is 12.2 Å². The molecule has 3 N–H and O–H groups in total. The molecule has 0 bridgehead atoms. The standard InChI is InChI=1S/C23H27ClFN3O3/c1-4-27-18-8-7-17(20(25)21(18)26)19(15-6-5-13(2)16(11-15)12-24)14(3)22(29)28-9-10-31-23(28)30/h5-8,11,14,19,27H,4,9-10,12,26H2,1-3H3. The fraction of sp³-hybridized carbons (Fsp3) is 0.391. The minimum atomic E-state index is -0.740. The first kappa shape index (κ1) is 22.9. The highest BCUT2D eigenvalue weighted by molar-refractivity contribution is 6.17. The fourth-order valence-electron chi connectivity index (χ4n) is 3.94. The molecule has 0 aliphatic carbocycles. The second-order valence-corrected chi connectivity index (χ2v) is 7.92. The number of carbonyl (C=O) groups excluding carboxylic acids is 2. The van der Waals surface area contributed by atoms with E-state index in [1.807, 2.05) is 32.0 Å².